The van der Waals surface area contributed by atoms with Gasteiger partial charge in [0.05, 0.1) is 7.11 Å². The zero-order valence-electron chi connectivity index (χ0n) is 10.9. The van der Waals surface area contributed by atoms with Crippen LogP contribution in [0.25, 0.3) is 0 Å². The van der Waals surface area contributed by atoms with Gasteiger partial charge in [-0.2, -0.15) is 0 Å². The number of hydrogen-bond acceptors (Lipinski definition) is 3. The molecule has 0 spiro atoms. The third-order valence-corrected chi connectivity index (χ3v) is 2.82. The molecule has 3 N–H and O–H groups in total. The predicted octanol–water partition coefficient (Wildman–Crippen LogP) is 2.86. The number of nitrogens with two attached hydrogens (primary N) is 1. The highest BCUT2D eigenvalue weighted by molar-refractivity contribution is 5.39. The van der Waals surface area contributed by atoms with Crippen LogP contribution in [0.2, 0.25) is 0 Å². The van der Waals surface area contributed by atoms with E-state index >= 15 is 0 Å². The van der Waals surface area contributed by atoms with Crippen molar-refractivity contribution in [2.45, 2.75) is 32.7 Å². The summed E-state index contributed by atoms with van der Waals surface area (Å²) in [7, 11) is 1.68. The summed E-state index contributed by atoms with van der Waals surface area (Å²) in [5, 5.41) is 0. The molecule has 94 valence electrons. The van der Waals surface area contributed by atoms with Gasteiger partial charge >= 0.3 is 0 Å². The van der Waals surface area contributed by atoms with Crippen LogP contribution in [0, 0.1) is 6.92 Å². The maximum Gasteiger partial charge on any atom is 0.123 e. The summed E-state index contributed by atoms with van der Waals surface area (Å²) in [6.07, 6.45) is 1.87. The van der Waals surface area contributed by atoms with Gasteiger partial charge in [0.2, 0.25) is 0 Å². The second kappa shape index (κ2) is 6.42. The van der Waals surface area contributed by atoms with E-state index in [1.54, 1.807) is 7.11 Å². The number of methoxy groups -OCH3 is 1. The van der Waals surface area contributed by atoms with E-state index in [2.05, 4.69) is 25.0 Å². The average molecular weight is 234 g/mol. The molecule has 0 aliphatic carbocycles. The van der Waals surface area contributed by atoms with Gasteiger partial charge < -0.3 is 4.74 Å². The number of hydrazine groups is 1. The molecule has 0 heterocycles. The highest BCUT2D eigenvalue weighted by Crippen LogP contribution is 2.29. The van der Waals surface area contributed by atoms with E-state index in [1.807, 2.05) is 19.1 Å². The van der Waals surface area contributed by atoms with Gasteiger partial charge in [0.15, 0.2) is 0 Å². The molecule has 0 bridgehead atoms. The predicted molar refractivity (Wildman–Crippen MR) is 71.8 cm³/mol. The largest absolute Gasteiger partial charge is 0.496 e. The Balaban J connectivity index is 2.93. The second-order valence-electron chi connectivity index (χ2n) is 4.46. The molecule has 0 saturated carbocycles. The first-order valence-electron chi connectivity index (χ1n) is 5.83. The molecule has 1 atom stereocenters. The normalized spacial score (nSPS) is 12.2. The van der Waals surface area contributed by atoms with Gasteiger partial charge in [-0.25, -0.2) is 0 Å². The molecule has 3 heteroatoms. The van der Waals surface area contributed by atoms with Crippen LogP contribution in [0.4, 0.5) is 0 Å². The lowest BCUT2D eigenvalue weighted by Crippen LogP contribution is -2.28. The van der Waals surface area contributed by atoms with Gasteiger partial charge in [-0.15, -0.1) is 6.58 Å². The summed E-state index contributed by atoms with van der Waals surface area (Å²) in [5.74, 6) is 6.50. The van der Waals surface area contributed by atoms with Crippen molar-refractivity contribution in [3.8, 4) is 5.75 Å². The molecule has 1 unspecified atom stereocenters. The Kier molecular flexibility index (Phi) is 5.19. The summed E-state index contributed by atoms with van der Waals surface area (Å²) in [4.78, 5) is 0. The molecule has 1 aromatic rings. The Morgan fingerprint density at radius 2 is 2.24 bits per heavy atom. The van der Waals surface area contributed by atoms with Crippen molar-refractivity contribution in [1.82, 2.24) is 5.43 Å². The minimum Gasteiger partial charge on any atom is -0.496 e. The molecule has 1 aromatic carbocycles. The van der Waals surface area contributed by atoms with Crippen molar-refractivity contribution in [2.24, 2.45) is 5.84 Å². The van der Waals surface area contributed by atoms with Crippen LogP contribution in [-0.2, 0) is 0 Å². The zero-order valence-corrected chi connectivity index (χ0v) is 10.9. The van der Waals surface area contributed by atoms with E-state index in [0.29, 0.717) is 0 Å². The molecule has 0 saturated heterocycles. The van der Waals surface area contributed by atoms with E-state index in [-0.39, 0.29) is 6.04 Å². The van der Waals surface area contributed by atoms with Crippen molar-refractivity contribution >= 4 is 0 Å². The fourth-order valence-electron chi connectivity index (χ4n) is 1.85. The first-order valence-corrected chi connectivity index (χ1v) is 5.83. The van der Waals surface area contributed by atoms with Crippen molar-refractivity contribution in [2.75, 3.05) is 7.11 Å². The summed E-state index contributed by atoms with van der Waals surface area (Å²) in [6, 6.07) is 6.23. The Hall–Kier alpha value is -1.32. The van der Waals surface area contributed by atoms with Crippen molar-refractivity contribution in [3.05, 3.63) is 41.5 Å². The zero-order chi connectivity index (χ0) is 12.8. The monoisotopic (exact) mass is 234 g/mol. The molecule has 0 radical (unpaired) electrons. The first kappa shape index (κ1) is 13.7. The van der Waals surface area contributed by atoms with Gasteiger partial charge in [-0.3, -0.25) is 11.3 Å². The third-order valence-electron chi connectivity index (χ3n) is 2.82. The van der Waals surface area contributed by atoms with Crippen LogP contribution >= 0.6 is 0 Å². The van der Waals surface area contributed by atoms with Gasteiger partial charge in [0, 0.05) is 11.6 Å². The Bertz CT molecular complexity index is 388. The number of benzene rings is 1. The Morgan fingerprint density at radius 1 is 1.53 bits per heavy atom. The maximum absolute atomic E-state index is 5.63. The van der Waals surface area contributed by atoms with Crippen LogP contribution < -0.4 is 16.0 Å². The number of ether oxygens (including phenoxy) is 1. The topological polar surface area (TPSA) is 47.3 Å². The number of rotatable bonds is 6. The van der Waals surface area contributed by atoms with E-state index in [0.717, 1.165) is 29.7 Å². The van der Waals surface area contributed by atoms with E-state index < -0.39 is 0 Å². The molecule has 0 aliphatic heterocycles. The number of allylic oxidation sites excluding steroid dienone is 1. The van der Waals surface area contributed by atoms with E-state index in [9.17, 15) is 0 Å². The van der Waals surface area contributed by atoms with Crippen molar-refractivity contribution in [3.63, 3.8) is 0 Å². The molecule has 1 rings (SSSR count). The molecule has 17 heavy (non-hydrogen) atoms. The second-order valence-corrected chi connectivity index (χ2v) is 4.46. The summed E-state index contributed by atoms with van der Waals surface area (Å²) < 4.78 is 5.37. The highest BCUT2D eigenvalue weighted by Gasteiger charge is 2.14. The molecular weight excluding hydrogens is 212 g/mol. The van der Waals surface area contributed by atoms with Crippen LogP contribution in [0.3, 0.4) is 0 Å². The van der Waals surface area contributed by atoms with Gasteiger partial charge in [-0.05, 0) is 32.8 Å². The Labute approximate surface area is 104 Å². The third kappa shape index (κ3) is 3.88. The minimum absolute atomic E-state index is 0.0987. The van der Waals surface area contributed by atoms with Gasteiger partial charge in [0.1, 0.15) is 5.75 Å². The minimum atomic E-state index is 0.0987. The molecule has 0 amide bonds. The average Bonchev–Trinajstić information content (AvgIpc) is 2.30. The Morgan fingerprint density at radius 3 is 2.76 bits per heavy atom. The molecule has 0 fully saturated rings. The number of nitrogens with one attached hydrogen (secondary N) is 1. The van der Waals surface area contributed by atoms with Crippen LogP contribution in [0.1, 0.15) is 36.9 Å². The highest BCUT2D eigenvalue weighted by atomic mass is 16.5. The first-order chi connectivity index (χ1) is 8.08. The smallest absolute Gasteiger partial charge is 0.123 e. The molecule has 0 aliphatic rings. The van der Waals surface area contributed by atoms with Crippen LogP contribution in [0.5, 0.6) is 5.75 Å². The van der Waals surface area contributed by atoms with E-state index in [4.69, 9.17) is 10.6 Å². The summed E-state index contributed by atoms with van der Waals surface area (Å²) in [5.41, 5.74) is 6.33. The lowest BCUT2D eigenvalue weighted by Gasteiger charge is -2.19. The summed E-state index contributed by atoms with van der Waals surface area (Å²) in [6.45, 7) is 8.01. The van der Waals surface area contributed by atoms with Crippen LogP contribution in [0.15, 0.2) is 30.4 Å². The lowest BCUT2D eigenvalue weighted by molar-refractivity contribution is 0.396. The molecule has 0 aromatic heterocycles. The fourth-order valence-corrected chi connectivity index (χ4v) is 1.85. The van der Waals surface area contributed by atoms with Crippen molar-refractivity contribution in [1.29, 1.82) is 0 Å². The molecular formula is C14H22N2O. The van der Waals surface area contributed by atoms with E-state index in [1.165, 1.54) is 5.56 Å². The standard InChI is InChI=1S/C14H22N2O/c1-10(2)5-7-13(16-15)12-9-11(3)6-8-14(12)17-4/h6,8-9,13,16H,1,5,7,15H2,2-4H3. The molecule has 3 nitrogen and oxygen atoms in total. The van der Waals surface area contributed by atoms with Crippen molar-refractivity contribution < 1.29 is 4.74 Å². The number of hydrogen-bond donors (Lipinski definition) is 2. The SMILES string of the molecule is C=C(C)CCC(NN)c1cc(C)ccc1OC. The fraction of sp³-hybridized carbons (Fsp3) is 0.429. The maximum atomic E-state index is 5.63. The quantitative estimate of drug-likeness (QED) is 0.452. The number of aryl methyl sites for hydroxylation is 1. The van der Waals surface area contributed by atoms with Gasteiger partial charge in [-0.1, -0.05) is 23.3 Å². The van der Waals surface area contributed by atoms with Crippen LogP contribution in [-0.4, -0.2) is 7.11 Å². The lowest BCUT2D eigenvalue weighted by atomic mass is 9.98. The summed E-state index contributed by atoms with van der Waals surface area (Å²) >= 11 is 0. The van der Waals surface area contributed by atoms with Gasteiger partial charge in [0.25, 0.3) is 0 Å².